The van der Waals surface area contributed by atoms with E-state index < -0.39 is 28.5 Å². The predicted octanol–water partition coefficient (Wildman–Crippen LogP) is 7.02. The van der Waals surface area contributed by atoms with E-state index in [0.717, 1.165) is 35.6 Å². The molecule has 1 fully saturated rings. The van der Waals surface area contributed by atoms with Crippen LogP contribution in [0.2, 0.25) is 15.1 Å². The minimum atomic E-state index is -4.19. The summed E-state index contributed by atoms with van der Waals surface area (Å²) in [6.07, 6.45) is 4.18. The molecule has 1 aliphatic rings. The summed E-state index contributed by atoms with van der Waals surface area (Å²) < 4.78 is 28.9. The Labute approximate surface area is 262 Å². The third-order valence-electron chi connectivity index (χ3n) is 7.45. The van der Waals surface area contributed by atoms with Crippen LogP contribution in [0.15, 0.2) is 71.6 Å². The summed E-state index contributed by atoms with van der Waals surface area (Å²) >= 11 is 18.6. The van der Waals surface area contributed by atoms with Crippen LogP contribution in [0.25, 0.3) is 0 Å². The molecule has 0 saturated heterocycles. The summed E-state index contributed by atoms with van der Waals surface area (Å²) in [5.74, 6) is -0.821. The van der Waals surface area contributed by atoms with Crippen molar-refractivity contribution in [1.29, 1.82) is 0 Å². The Morgan fingerprint density at radius 1 is 0.929 bits per heavy atom. The van der Waals surface area contributed by atoms with Crippen LogP contribution in [0, 0.1) is 6.92 Å². The summed E-state index contributed by atoms with van der Waals surface area (Å²) in [6.45, 7) is 3.17. The van der Waals surface area contributed by atoms with Gasteiger partial charge in [-0.2, -0.15) is 0 Å². The van der Waals surface area contributed by atoms with Crippen molar-refractivity contribution in [3.63, 3.8) is 0 Å². The Kier molecular flexibility index (Phi) is 10.8. The molecule has 1 atom stereocenters. The van der Waals surface area contributed by atoms with Gasteiger partial charge in [0.05, 0.1) is 10.6 Å². The minimum absolute atomic E-state index is 0.00579. The lowest BCUT2D eigenvalue weighted by Gasteiger charge is -2.34. The number of carbonyl (C=O) groups excluding carboxylic acids is 2. The van der Waals surface area contributed by atoms with Crippen molar-refractivity contribution < 1.29 is 18.0 Å². The van der Waals surface area contributed by atoms with Gasteiger partial charge in [0.15, 0.2) is 0 Å². The van der Waals surface area contributed by atoms with E-state index in [2.05, 4.69) is 5.32 Å². The molecule has 7 nitrogen and oxygen atoms in total. The van der Waals surface area contributed by atoms with Gasteiger partial charge < -0.3 is 10.2 Å². The monoisotopic (exact) mass is 649 g/mol. The van der Waals surface area contributed by atoms with Crippen molar-refractivity contribution in [2.75, 3.05) is 10.8 Å². The smallest absolute Gasteiger partial charge is 0.264 e. The number of anilines is 1. The van der Waals surface area contributed by atoms with E-state index in [9.17, 15) is 18.0 Å². The first kappa shape index (κ1) is 32.1. The Bertz CT molecular complexity index is 1510. The molecule has 1 saturated carbocycles. The molecule has 0 radical (unpaired) electrons. The van der Waals surface area contributed by atoms with Gasteiger partial charge in [-0.25, -0.2) is 8.42 Å². The molecule has 0 bridgehead atoms. The van der Waals surface area contributed by atoms with Gasteiger partial charge in [-0.05, 0) is 80.3 Å². The molecule has 0 spiro atoms. The Morgan fingerprint density at radius 2 is 1.55 bits per heavy atom. The van der Waals surface area contributed by atoms with E-state index in [4.69, 9.17) is 34.8 Å². The molecule has 11 heteroatoms. The van der Waals surface area contributed by atoms with Gasteiger partial charge in [0.2, 0.25) is 11.8 Å². The number of halogens is 3. The summed E-state index contributed by atoms with van der Waals surface area (Å²) in [5.41, 5.74) is 1.84. The zero-order chi connectivity index (χ0) is 30.4. The van der Waals surface area contributed by atoms with Crippen molar-refractivity contribution in [2.24, 2.45) is 0 Å². The van der Waals surface area contributed by atoms with Gasteiger partial charge in [0.1, 0.15) is 12.6 Å². The SMILES string of the molecule is CCC(C(=O)NC1CCCC1)N(Cc1ccc(Cl)cc1Cl)C(=O)CN(c1ccc(C)cc1)S(=O)(=O)c1ccc(Cl)cc1. The van der Waals surface area contributed by atoms with Crippen LogP contribution in [0.1, 0.15) is 50.2 Å². The lowest BCUT2D eigenvalue weighted by molar-refractivity contribution is -0.140. The molecular weight excluding hydrogens is 617 g/mol. The maximum absolute atomic E-state index is 14.2. The molecule has 0 aromatic heterocycles. The average molecular weight is 651 g/mol. The highest BCUT2D eigenvalue weighted by Crippen LogP contribution is 2.28. The first-order valence-electron chi connectivity index (χ1n) is 13.9. The van der Waals surface area contributed by atoms with Crippen molar-refractivity contribution in [3.05, 3.63) is 92.9 Å². The first-order chi connectivity index (χ1) is 20.0. The molecule has 4 rings (SSSR count). The highest BCUT2D eigenvalue weighted by molar-refractivity contribution is 7.92. The van der Waals surface area contributed by atoms with E-state index in [1.54, 1.807) is 42.5 Å². The van der Waals surface area contributed by atoms with E-state index in [1.807, 2.05) is 13.8 Å². The second kappa shape index (κ2) is 14.1. The van der Waals surface area contributed by atoms with Crippen molar-refractivity contribution in [1.82, 2.24) is 10.2 Å². The van der Waals surface area contributed by atoms with Gasteiger partial charge in [-0.15, -0.1) is 0 Å². The molecule has 42 heavy (non-hydrogen) atoms. The first-order valence-corrected chi connectivity index (χ1v) is 16.5. The molecule has 3 aromatic rings. The Morgan fingerprint density at radius 3 is 2.14 bits per heavy atom. The summed E-state index contributed by atoms with van der Waals surface area (Å²) in [5, 5.41) is 4.26. The zero-order valence-corrected chi connectivity index (χ0v) is 26.6. The number of amides is 2. The third-order valence-corrected chi connectivity index (χ3v) is 10.1. The van der Waals surface area contributed by atoms with Gasteiger partial charge in [-0.3, -0.25) is 13.9 Å². The van der Waals surface area contributed by atoms with Crippen LogP contribution in [-0.2, 0) is 26.2 Å². The quantitative estimate of drug-likeness (QED) is 0.242. The van der Waals surface area contributed by atoms with E-state index in [-0.39, 0.29) is 23.4 Å². The number of aryl methyl sites for hydroxylation is 1. The van der Waals surface area contributed by atoms with Gasteiger partial charge in [0.25, 0.3) is 10.0 Å². The van der Waals surface area contributed by atoms with Crippen molar-refractivity contribution in [3.8, 4) is 0 Å². The number of nitrogens with zero attached hydrogens (tertiary/aromatic N) is 2. The maximum Gasteiger partial charge on any atom is 0.264 e. The second-order valence-corrected chi connectivity index (χ2v) is 13.6. The van der Waals surface area contributed by atoms with Crippen molar-refractivity contribution >= 4 is 62.3 Å². The fraction of sp³-hybridized carbons (Fsp3) is 0.355. The topological polar surface area (TPSA) is 86.8 Å². The second-order valence-electron chi connectivity index (χ2n) is 10.5. The number of rotatable bonds is 11. The molecule has 3 aromatic carbocycles. The van der Waals surface area contributed by atoms with Crippen LogP contribution in [-0.4, -0.2) is 43.8 Å². The van der Waals surface area contributed by atoms with Gasteiger partial charge in [-0.1, -0.05) is 78.3 Å². The molecular formula is C31H34Cl3N3O4S. The van der Waals surface area contributed by atoms with Gasteiger partial charge in [0, 0.05) is 27.7 Å². The van der Waals surface area contributed by atoms with Gasteiger partial charge >= 0.3 is 0 Å². The third kappa shape index (κ3) is 7.78. The summed E-state index contributed by atoms with van der Waals surface area (Å²) in [7, 11) is -4.19. The number of hydrogen-bond acceptors (Lipinski definition) is 4. The van der Waals surface area contributed by atoms with Crippen LogP contribution in [0.4, 0.5) is 5.69 Å². The van der Waals surface area contributed by atoms with Crippen LogP contribution in [0.5, 0.6) is 0 Å². The lowest BCUT2D eigenvalue weighted by atomic mass is 10.1. The summed E-state index contributed by atoms with van der Waals surface area (Å²) in [6, 6.07) is 16.8. The molecule has 224 valence electrons. The highest BCUT2D eigenvalue weighted by Gasteiger charge is 2.34. The molecule has 0 aliphatic heterocycles. The lowest BCUT2D eigenvalue weighted by Crippen LogP contribution is -2.53. The maximum atomic E-state index is 14.2. The number of sulfonamides is 1. The van der Waals surface area contributed by atoms with E-state index in [1.165, 1.54) is 29.2 Å². The number of nitrogens with one attached hydrogen (secondary N) is 1. The zero-order valence-electron chi connectivity index (χ0n) is 23.5. The van der Waals surface area contributed by atoms with Crippen molar-refractivity contribution in [2.45, 2.75) is 69.5 Å². The molecule has 1 aliphatic carbocycles. The van der Waals surface area contributed by atoms with E-state index in [0.29, 0.717) is 32.7 Å². The molecule has 1 unspecified atom stereocenters. The van der Waals surface area contributed by atoms with E-state index >= 15 is 0 Å². The Balaban J connectivity index is 1.73. The Hall–Kier alpha value is -2.78. The number of benzene rings is 3. The predicted molar refractivity (Wildman–Crippen MR) is 169 cm³/mol. The molecule has 2 amide bonds. The number of hydrogen-bond donors (Lipinski definition) is 1. The fourth-order valence-corrected chi connectivity index (χ4v) is 7.10. The fourth-order valence-electron chi connectivity index (χ4n) is 5.09. The standard InChI is InChI=1S/C31H34Cl3N3O4S/c1-3-29(31(39)35-25-6-4-5-7-25)36(19-22-10-11-24(33)18-28(22)34)30(38)20-37(26-14-8-21(2)9-15-26)42(40,41)27-16-12-23(32)13-17-27/h8-18,25,29H,3-7,19-20H2,1-2H3,(H,35,39). The molecule has 1 N–H and O–H groups in total. The van der Waals surface area contributed by atoms with Crippen LogP contribution >= 0.6 is 34.8 Å². The minimum Gasteiger partial charge on any atom is -0.352 e. The van der Waals surface area contributed by atoms with Crippen LogP contribution in [0.3, 0.4) is 0 Å². The summed E-state index contributed by atoms with van der Waals surface area (Å²) in [4.78, 5) is 29.1. The number of carbonyl (C=O) groups is 2. The normalized spacial score (nSPS) is 14.4. The molecule has 0 heterocycles. The van der Waals surface area contributed by atoms with Crippen LogP contribution < -0.4 is 9.62 Å². The largest absolute Gasteiger partial charge is 0.352 e. The highest BCUT2D eigenvalue weighted by atomic mass is 35.5. The average Bonchev–Trinajstić information content (AvgIpc) is 3.46.